The van der Waals surface area contributed by atoms with Crippen LogP contribution in [0.2, 0.25) is 0 Å². The molecule has 3 nitrogen and oxygen atoms in total. The summed E-state index contributed by atoms with van der Waals surface area (Å²) in [4.78, 5) is 11.7. The molecule has 3 N–H and O–H groups in total. The van der Waals surface area contributed by atoms with Crippen LogP contribution in [0.4, 0.5) is 10.1 Å². The average Bonchev–Trinajstić information content (AvgIpc) is 2.20. The Labute approximate surface area is 109 Å². The lowest BCUT2D eigenvalue weighted by molar-refractivity contribution is 0.0957. The Bertz CT molecular complexity index is 449. The highest BCUT2D eigenvalue weighted by Gasteiger charge is 2.12. The fourth-order valence-electron chi connectivity index (χ4n) is 1.01. The Morgan fingerprint density at radius 3 is 2.75 bits per heavy atom. The summed E-state index contributed by atoms with van der Waals surface area (Å²) in [5.41, 5.74) is 5.60. The van der Waals surface area contributed by atoms with Crippen molar-refractivity contribution in [1.29, 1.82) is 0 Å². The SMILES string of the molecule is C=C(Br)CNC(=O)c1cc(N)c(F)cc1Br. The van der Waals surface area contributed by atoms with E-state index >= 15 is 0 Å². The standard InChI is InChI=1S/C10H9Br2FN2O/c1-5(11)4-15-10(16)6-2-9(14)8(13)3-7(6)12/h2-3H,1,4,14H2,(H,15,16). The lowest BCUT2D eigenvalue weighted by Gasteiger charge is -2.07. The summed E-state index contributed by atoms with van der Waals surface area (Å²) >= 11 is 6.21. The van der Waals surface area contributed by atoms with Crippen molar-refractivity contribution in [3.8, 4) is 0 Å². The molecule has 0 bridgehead atoms. The second-order valence-corrected chi connectivity index (χ2v) is 5.03. The van der Waals surface area contributed by atoms with Crippen molar-refractivity contribution < 1.29 is 9.18 Å². The summed E-state index contributed by atoms with van der Waals surface area (Å²) in [5, 5.41) is 2.59. The molecule has 0 saturated heterocycles. The van der Waals surface area contributed by atoms with Gasteiger partial charge in [-0.25, -0.2) is 4.39 Å². The smallest absolute Gasteiger partial charge is 0.252 e. The molecule has 0 spiro atoms. The second-order valence-electron chi connectivity index (χ2n) is 3.05. The first-order chi connectivity index (χ1) is 7.41. The van der Waals surface area contributed by atoms with Crippen molar-refractivity contribution >= 4 is 43.5 Å². The minimum atomic E-state index is -0.562. The van der Waals surface area contributed by atoms with Crippen molar-refractivity contribution in [2.45, 2.75) is 0 Å². The first-order valence-electron chi connectivity index (χ1n) is 4.28. The van der Waals surface area contributed by atoms with Gasteiger partial charge < -0.3 is 11.1 Å². The minimum absolute atomic E-state index is 0.0639. The third-order valence-corrected chi connectivity index (χ3v) is 2.71. The van der Waals surface area contributed by atoms with Crippen LogP contribution in [-0.2, 0) is 0 Å². The Hall–Kier alpha value is -0.880. The summed E-state index contributed by atoms with van der Waals surface area (Å²) in [5.74, 6) is -0.910. The molecule has 0 aromatic heterocycles. The molecule has 0 fully saturated rings. The van der Waals surface area contributed by atoms with Crippen LogP contribution in [0.3, 0.4) is 0 Å². The van der Waals surface area contributed by atoms with E-state index in [1.807, 2.05) is 0 Å². The van der Waals surface area contributed by atoms with E-state index in [0.29, 0.717) is 15.5 Å². The molecule has 0 aliphatic carbocycles. The molecule has 0 atom stereocenters. The highest BCUT2D eigenvalue weighted by molar-refractivity contribution is 9.11. The van der Waals surface area contributed by atoms with E-state index in [4.69, 9.17) is 5.73 Å². The first-order valence-corrected chi connectivity index (χ1v) is 5.86. The van der Waals surface area contributed by atoms with E-state index in [1.165, 1.54) is 6.07 Å². The number of benzene rings is 1. The van der Waals surface area contributed by atoms with Gasteiger partial charge in [-0.3, -0.25) is 4.79 Å². The van der Waals surface area contributed by atoms with Gasteiger partial charge in [0.05, 0.1) is 11.3 Å². The number of hydrogen-bond donors (Lipinski definition) is 2. The fourth-order valence-corrected chi connectivity index (χ4v) is 1.65. The number of nitrogen functional groups attached to an aromatic ring is 1. The summed E-state index contributed by atoms with van der Waals surface area (Å²) in [7, 11) is 0. The molecule has 86 valence electrons. The van der Waals surface area contributed by atoms with Gasteiger partial charge in [0.1, 0.15) is 5.82 Å². The molecule has 0 heterocycles. The molecule has 0 aliphatic heterocycles. The second kappa shape index (κ2) is 5.45. The van der Waals surface area contributed by atoms with Gasteiger partial charge in [0.25, 0.3) is 5.91 Å². The van der Waals surface area contributed by atoms with Gasteiger partial charge in [0, 0.05) is 15.5 Å². The van der Waals surface area contributed by atoms with Crippen LogP contribution in [0.1, 0.15) is 10.4 Å². The minimum Gasteiger partial charge on any atom is -0.396 e. The lowest BCUT2D eigenvalue weighted by Crippen LogP contribution is -2.25. The van der Waals surface area contributed by atoms with Gasteiger partial charge >= 0.3 is 0 Å². The summed E-state index contributed by atoms with van der Waals surface area (Å²) in [6.07, 6.45) is 0. The first kappa shape index (κ1) is 13.2. The molecule has 0 radical (unpaired) electrons. The third-order valence-electron chi connectivity index (χ3n) is 1.77. The van der Waals surface area contributed by atoms with E-state index in [-0.39, 0.29) is 17.2 Å². The van der Waals surface area contributed by atoms with Crippen molar-refractivity contribution in [2.75, 3.05) is 12.3 Å². The quantitative estimate of drug-likeness (QED) is 0.823. The van der Waals surface area contributed by atoms with Crippen molar-refractivity contribution in [2.24, 2.45) is 0 Å². The van der Waals surface area contributed by atoms with Gasteiger partial charge in [0.2, 0.25) is 0 Å². The van der Waals surface area contributed by atoms with Gasteiger partial charge in [-0.15, -0.1) is 0 Å². The maximum absolute atomic E-state index is 13.0. The highest BCUT2D eigenvalue weighted by atomic mass is 79.9. The number of carbonyl (C=O) groups is 1. The Morgan fingerprint density at radius 1 is 1.56 bits per heavy atom. The Balaban J connectivity index is 2.91. The van der Waals surface area contributed by atoms with Gasteiger partial charge in [-0.05, 0) is 28.1 Å². The zero-order valence-electron chi connectivity index (χ0n) is 8.19. The Morgan fingerprint density at radius 2 is 2.19 bits per heavy atom. The number of nitrogens with two attached hydrogens (primary N) is 1. The van der Waals surface area contributed by atoms with E-state index in [9.17, 15) is 9.18 Å². The van der Waals surface area contributed by atoms with Crippen LogP contribution in [0.15, 0.2) is 27.7 Å². The molecule has 1 aromatic carbocycles. The maximum Gasteiger partial charge on any atom is 0.252 e. The van der Waals surface area contributed by atoms with Crippen molar-refractivity contribution in [1.82, 2.24) is 5.32 Å². The average molecular weight is 352 g/mol. The number of carbonyl (C=O) groups excluding carboxylic acids is 1. The van der Waals surface area contributed by atoms with Gasteiger partial charge in [0.15, 0.2) is 0 Å². The summed E-state index contributed by atoms with van der Waals surface area (Å²) in [6.45, 7) is 3.87. The molecule has 0 saturated carbocycles. The molecule has 6 heteroatoms. The van der Waals surface area contributed by atoms with E-state index in [1.54, 1.807) is 0 Å². The van der Waals surface area contributed by atoms with Crippen LogP contribution in [0.25, 0.3) is 0 Å². The molecule has 0 aliphatic rings. The number of amides is 1. The molecule has 1 rings (SSSR count). The van der Waals surface area contributed by atoms with E-state index in [2.05, 4.69) is 43.8 Å². The van der Waals surface area contributed by atoms with Gasteiger partial charge in [-0.2, -0.15) is 0 Å². The zero-order chi connectivity index (χ0) is 12.3. The number of rotatable bonds is 3. The maximum atomic E-state index is 13.0. The zero-order valence-corrected chi connectivity index (χ0v) is 11.4. The fraction of sp³-hybridized carbons (Fsp3) is 0.100. The largest absolute Gasteiger partial charge is 0.396 e. The number of nitrogens with one attached hydrogen (secondary N) is 1. The van der Waals surface area contributed by atoms with E-state index < -0.39 is 5.82 Å². The molecular formula is C10H9Br2FN2O. The molecule has 1 amide bonds. The Kier molecular flexibility index (Phi) is 4.49. The topological polar surface area (TPSA) is 55.1 Å². The number of halogens is 3. The van der Waals surface area contributed by atoms with Crippen LogP contribution < -0.4 is 11.1 Å². The molecule has 16 heavy (non-hydrogen) atoms. The molecule has 1 aromatic rings. The van der Waals surface area contributed by atoms with Crippen LogP contribution in [0, 0.1) is 5.82 Å². The molecule has 0 unspecified atom stereocenters. The van der Waals surface area contributed by atoms with Crippen LogP contribution in [-0.4, -0.2) is 12.5 Å². The van der Waals surface area contributed by atoms with E-state index in [0.717, 1.165) is 6.07 Å². The predicted molar refractivity (Wildman–Crippen MR) is 68.9 cm³/mol. The monoisotopic (exact) mass is 350 g/mol. The number of anilines is 1. The van der Waals surface area contributed by atoms with Crippen molar-refractivity contribution in [3.05, 3.63) is 39.0 Å². The normalized spacial score (nSPS) is 9.94. The summed E-state index contributed by atoms with van der Waals surface area (Å²) < 4.78 is 14.0. The predicted octanol–water partition coefficient (Wildman–Crippen LogP) is 2.81. The van der Waals surface area contributed by atoms with Gasteiger partial charge in [-0.1, -0.05) is 22.5 Å². The third kappa shape index (κ3) is 3.31. The lowest BCUT2D eigenvalue weighted by atomic mass is 10.2. The summed E-state index contributed by atoms with van der Waals surface area (Å²) in [6, 6.07) is 2.44. The highest BCUT2D eigenvalue weighted by Crippen LogP contribution is 2.22. The van der Waals surface area contributed by atoms with Crippen LogP contribution >= 0.6 is 31.9 Å². The van der Waals surface area contributed by atoms with Crippen molar-refractivity contribution in [3.63, 3.8) is 0 Å². The molecular weight excluding hydrogens is 343 g/mol. The number of hydrogen-bond acceptors (Lipinski definition) is 2. The van der Waals surface area contributed by atoms with Crippen LogP contribution in [0.5, 0.6) is 0 Å².